The molecule has 0 saturated heterocycles. The van der Waals surface area contributed by atoms with E-state index in [4.69, 9.17) is 16.7 Å². The number of aromatic nitrogens is 7. The first-order chi connectivity index (χ1) is 15.3. The average Bonchev–Trinajstić information content (AvgIpc) is 3.42. The van der Waals surface area contributed by atoms with Gasteiger partial charge >= 0.3 is 5.69 Å². The monoisotopic (exact) mass is 451 g/mol. The predicted octanol–water partition coefficient (Wildman–Crippen LogP) is 3.13. The van der Waals surface area contributed by atoms with Gasteiger partial charge in [-0.25, -0.2) is 9.78 Å². The average molecular weight is 452 g/mol. The minimum absolute atomic E-state index is 0.194. The molecule has 0 unspecified atom stereocenters. The quantitative estimate of drug-likeness (QED) is 0.428. The number of nitrogens with zero attached hydrogens (tertiary/aromatic N) is 5. The number of aryl methyl sites for hydroxylation is 1. The van der Waals surface area contributed by atoms with E-state index in [9.17, 15) is 9.59 Å². The number of halogens is 1. The highest BCUT2D eigenvalue weighted by atomic mass is 35.5. The third kappa shape index (κ3) is 3.25. The van der Waals surface area contributed by atoms with Crippen LogP contribution in [-0.2, 0) is 20.1 Å². The fraction of sp³-hybridized carbons (Fsp3) is 0.273. The summed E-state index contributed by atoms with van der Waals surface area (Å²) >= 11 is 6.22. The fourth-order valence-corrected chi connectivity index (χ4v) is 4.26. The molecule has 32 heavy (non-hydrogen) atoms. The van der Waals surface area contributed by atoms with Crippen LogP contribution in [0.5, 0.6) is 0 Å². The van der Waals surface area contributed by atoms with Gasteiger partial charge in [-0.15, -0.1) is 0 Å². The Morgan fingerprint density at radius 3 is 2.75 bits per heavy atom. The van der Waals surface area contributed by atoms with Crippen molar-refractivity contribution in [2.75, 3.05) is 0 Å². The van der Waals surface area contributed by atoms with Crippen molar-refractivity contribution < 1.29 is 0 Å². The van der Waals surface area contributed by atoms with Gasteiger partial charge in [0.15, 0.2) is 11.5 Å². The van der Waals surface area contributed by atoms with E-state index < -0.39 is 11.2 Å². The molecule has 4 heterocycles. The number of aromatic amines is 2. The lowest BCUT2D eigenvalue weighted by Gasteiger charge is -2.08. The number of fused-ring (bicyclic) bond motifs is 2. The van der Waals surface area contributed by atoms with Gasteiger partial charge in [0, 0.05) is 48.1 Å². The van der Waals surface area contributed by atoms with Crippen molar-refractivity contribution in [3.8, 4) is 11.5 Å². The number of nitrogens with one attached hydrogen (secondary N) is 2. The van der Waals surface area contributed by atoms with Crippen molar-refractivity contribution in [1.82, 2.24) is 33.9 Å². The lowest BCUT2D eigenvalue weighted by atomic mass is 10.1. The minimum atomic E-state index is -0.476. The van der Waals surface area contributed by atoms with Crippen molar-refractivity contribution in [3.05, 3.63) is 68.2 Å². The molecule has 2 N–H and O–H groups in total. The summed E-state index contributed by atoms with van der Waals surface area (Å²) in [7, 11) is 1.86. The normalized spacial score (nSPS) is 11.9. The Balaban J connectivity index is 1.80. The SMILES string of the molecule is CC(C)Cn1c(=O)[nH]c(=O)c2c(-c3nccn3C)n(Cc3c[nH]c4ccc(Cl)cc34)nc21. The Morgan fingerprint density at radius 2 is 2.03 bits per heavy atom. The first kappa shape index (κ1) is 20.3. The summed E-state index contributed by atoms with van der Waals surface area (Å²) in [6.07, 6.45) is 5.38. The zero-order valence-electron chi connectivity index (χ0n) is 17.9. The molecule has 0 fully saturated rings. The van der Waals surface area contributed by atoms with E-state index in [0.29, 0.717) is 40.7 Å². The Hall–Kier alpha value is -3.59. The highest BCUT2D eigenvalue weighted by Crippen LogP contribution is 2.28. The highest BCUT2D eigenvalue weighted by Gasteiger charge is 2.24. The molecule has 0 aliphatic heterocycles. The minimum Gasteiger partial charge on any atom is -0.361 e. The second-order valence-electron chi connectivity index (χ2n) is 8.33. The molecule has 10 heteroatoms. The summed E-state index contributed by atoms with van der Waals surface area (Å²) in [6.45, 7) is 4.82. The maximum absolute atomic E-state index is 13.0. The number of H-pyrrole nitrogens is 2. The molecule has 0 saturated carbocycles. The van der Waals surface area contributed by atoms with E-state index in [1.807, 2.05) is 56.1 Å². The maximum Gasteiger partial charge on any atom is 0.330 e. The van der Waals surface area contributed by atoms with Crippen molar-refractivity contribution in [2.24, 2.45) is 13.0 Å². The van der Waals surface area contributed by atoms with E-state index in [-0.39, 0.29) is 5.92 Å². The summed E-state index contributed by atoms with van der Waals surface area (Å²) in [4.78, 5) is 35.7. The fourth-order valence-electron chi connectivity index (χ4n) is 4.08. The van der Waals surface area contributed by atoms with Crippen LogP contribution in [0.1, 0.15) is 19.4 Å². The van der Waals surface area contributed by atoms with Crippen LogP contribution >= 0.6 is 11.6 Å². The van der Waals surface area contributed by atoms with Gasteiger partial charge in [-0.1, -0.05) is 25.4 Å². The molecular formula is C22H22ClN7O2. The van der Waals surface area contributed by atoms with Crippen molar-refractivity contribution in [2.45, 2.75) is 26.9 Å². The van der Waals surface area contributed by atoms with Crippen LogP contribution in [-0.4, -0.2) is 33.9 Å². The summed E-state index contributed by atoms with van der Waals surface area (Å²) in [5.74, 6) is 0.782. The van der Waals surface area contributed by atoms with Gasteiger partial charge in [0.2, 0.25) is 0 Å². The van der Waals surface area contributed by atoms with E-state index in [1.165, 1.54) is 4.57 Å². The number of rotatable bonds is 5. The van der Waals surface area contributed by atoms with Crippen LogP contribution < -0.4 is 11.2 Å². The molecule has 5 rings (SSSR count). The zero-order chi connectivity index (χ0) is 22.6. The summed E-state index contributed by atoms with van der Waals surface area (Å²) in [6, 6.07) is 5.65. The van der Waals surface area contributed by atoms with Crippen molar-refractivity contribution in [3.63, 3.8) is 0 Å². The first-order valence-electron chi connectivity index (χ1n) is 10.3. The van der Waals surface area contributed by atoms with Crippen molar-refractivity contribution >= 4 is 33.5 Å². The van der Waals surface area contributed by atoms with Gasteiger partial charge in [-0.3, -0.25) is 19.0 Å². The van der Waals surface area contributed by atoms with E-state index >= 15 is 0 Å². The third-order valence-corrected chi connectivity index (χ3v) is 5.75. The highest BCUT2D eigenvalue weighted by molar-refractivity contribution is 6.31. The predicted molar refractivity (Wildman–Crippen MR) is 124 cm³/mol. The molecule has 5 aromatic rings. The summed E-state index contributed by atoms with van der Waals surface area (Å²) in [5, 5.41) is 6.70. The molecule has 1 aromatic carbocycles. The molecule has 0 amide bonds. The Morgan fingerprint density at radius 1 is 1.22 bits per heavy atom. The number of hydrogen-bond acceptors (Lipinski definition) is 4. The van der Waals surface area contributed by atoms with Gasteiger partial charge in [0.1, 0.15) is 11.1 Å². The van der Waals surface area contributed by atoms with E-state index in [0.717, 1.165) is 16.5 Å². The molecule has 0 spiro atoms. The molecule has 4 aromatic heterocycles. The standard InChI is InChI=1S/C22H22ClN7O2/c1-12(2)10-29-19-17(21(31)26-22(29)32)18(20-24-6-7-28(20)3)30(27-19)11-13-9-25-16-5-4-14(23)8-15(13)16/h4-9,12,25H,10-11H2,1-3H3,(H,26,31,32). The molecule has 0 radical (unpaired) electrons. The zero-order valence-corrected chi connectivity index (χ0v) is 18.6. The topological polar surface area (TPSA) is 106 Å². The van der Waals surface area contributed by atoms with Gasteiger partial charge in [0.05, 0.1) is 6.54 Å². The van der Waals surface area contributed by atoms with E-state index in [2.05, 4.69) is 15.0 Å². The largest absolute Gasteiger partial charge is 0.361 e. The number of hydrogen-bond donors (Lipinski definition) is 2. The lowest BCUT2D eigenvalue weighted by Crippen LogP contribution is -2.31. The van der Waals surface area contributed by atoms with Gasteiger partial charge < -0.3 is 9.55 Å². The van der Waals surface area contributed by atoms with Crippen LogP contribution in [0.3, 0.4) is 0 Å². The van der Waals surface area contributed by atoms with E-state index in [1.54, 1.807) is 10.9 Å². The van der Waals surface area contributed by atoms with Gasteiger partial charge in [-0.05, 0) is 29.7 Å². The molecule has 0 atom stereocenters. The molecule has 0 aliphatic carbocycles. The molecule has 0 aliphatic rings. The molecular weight excluding hydrogens is 430 g/mol. The van der Waals surface area contributed by atoms with Crippen LogP contribution in [0.15, 0.2) is 46.4 Å². The van der Waals surface area contributed by atoms with Gasteiger partial charge in [0.25, 0.3) is 5.56 Å². The third-order valence-electron chi connectivity index (χ3n) is 5.51. The summed E-state index contributed by atoms with van der Waals surface area (Å²) in [5.41, 5.74) is 1.88. The molecule has 9 nitrogen and oxygen atoms in total. The smallest absolute Gasteiger partial charge is 0.330 e. The Kier molecular flexibility index (Phi) is 4.78. The second kappa shape index (κ2) is 7.52. The molecule has 164 valence electrons. The van der Waals surface area contributed by atoms with Gasteiger partial charge in [-0.2, -0.15) is 5.10 Å². The van der Waals surface area contributed by atoms with Crippen LogP contribution in [0.25, 0.3) is 33.5 Å². The number of imidazole rings is 1. The second-order valence-corrected chi connectivity index (χ2v) is 8.77. The van der Waals surface area contributed by atoms with Crippen LogP contribution in [0, 0.1) is 5.92 Å². The lowest BCUT2D eigenvalue weighted by molar-refractivity contribution is 0.510. The van der Waals surface area contributed by atoms with Crippen molar-refractivity contribution in [1.29, 1.82) is 0 Å². The first-order valence-corrected chi connectivity index (χ1v) is 10.7. The maximum atomic E-state index is 13.0. The molecule has 0 bridgehead atoms. The van der Waals surface area contributed by atoms with Crippen LogP contribution in [0.2, 0.25) is 5.02 Å². The Bertz CT molecular complexity index is 1580. The Labute approximate surface area is 187 Å². The summed E-state index contributed by atoms with van der Waals surface area (Å²) < 4.78 is 5.09. The van der Waals surface area contributed by atoms with Crippen LogP contribution in [0.4, 0.5) is 0 Å². The number of benzene rings is 1.